The third-order valence-corrected chi connectivity index (χ3v) is 12.4. The van der Waals surface area contributed by atoms with Crippen molar-refractivity contribution in [2.45, 2.75) is 297 Å². The zero-order chi connectivity index (χ0) is 46.3. The number of ether oxygens (including phenoxy) is 3. The summed E-state index contributed by atoms with van der Waals surface area (Å²) < 4.78 is 17.4. The lowest BCUT2D eigenvalue weighted by molar-refractivity contribution is -0.163. The van der Waals surface area contributed by atoms with Gasteiger partial charge in [0.05, 0.1) is 6.61 Å². The summed E-state index contributed by atoms with van der Waals surface area (Å²) in [6, 6.07) is 0. The van der Waals surface area contributed by atoms with Crippen molar-refractivity contribution < 1.29 is 23.8 Å². The second kappa shape index (κ2) is 55.2. The molecular formula is C59H108O5. The summed E-state index contributed by atoms with van der Waals surface area (Å²) in [6.45, 7) is 7.70. The van der Waals surface area contributed by atoms with Crippen LogP contribution in [0.5, 0.6) is 0 Å². The van der Waals surface area contributed by atoms with Gasteiger partial charge in [0.1, 0.15) is 6.61 Å². The van der Waals surface area contributed by atoms with Crippen LogP contribution in [0.2, 0.25) is 0 Å². The molecule has 0 radical (unpaired) electrons. The summed E-state index contributed by atoms with van der Waals surface area (Å²) in [5, 5.41) is 0. The molecule has 1 atom stereocenters. The van der Waals surface area contributed by atoms with Crippen LogP contribution in [0.25, 0.3) is 0 Å². The molecule has 0 aliphatic carbocycles. The average Bonchev–Trinajstić information content (AvgIpc) is 3.30. The lowest BCUT2D eigenvalue weighted by atomic mass is 10.0. The smallest absolute Gasteiger partial charge is 0.306 e. The van der Waals surface area contributed by atoms with Crippen molar-refractivity contribution in [2.24, 2.45) is 0 Å². The maximum Gasteiger partial charge on any atom is 0.306 e. The molecule has 0 aromatic rings. The van der Waals surface area contributed by atoms with E-state index in [1.807, 2.05) is 0 Å². The van der Waals surface area contributed by atoms with Crippen LogP contribution in [0.4, 0.5) is 0 Å². The van der Waals surface area contributed by atoms with Gasteiger partial charge < -0.3 is 14.2 Å². The molecule has 0 saturated carbocycles. The fourth-order valence-corrected chi connectivity index (χ4v) is 8.21. The molecule has 0 aromatic heterocycles. The first-order valence-electron chi connectivity index (χ1n) is 28.2. The summed E-state index contributed by atoms with van der Waals surface area (Å²) >= 11 is 0. The third kappa shape index (κ3) is 52.5. The Bertz CT molecular complexity index is 1060. The largest absolute Gasteiger partial charge is 0.462 e. The minimum absolute atomic E-state index is 0.0776. The van der Waals surface area contributed by atoms with E-state index >= 15 is 0 Å². The van der Waals surface area contributed by atoms with E-state index in [1.165, 1.54) is 180 Å². The second-order valence-corrected chi connectivity index (χ2v) is 18.8. The lowest BCUT2D eigenvalue weighted by Crippen LogP contribution is -2.30. The molecule has 0 amide bonds. The summed E-state index contributed by atoms with van der Waals surface area (Å²) in [5.41, 5.74) is 0. The van der Waals surface area contributed by atoms with E-state index in [4.69, 9.17) is 14.2 Å². The Kier molecular flexibility index (Phi) is 53.3. The van der Waals surface area contributed by atoms with Crippen molar-refractivity contribution in [3.8, 4) is 0 Å². The predicted molar refractivity (Wildman–Crippen MR) is 279 cm³/mol. The second-order valence-electron chi connectivity index (χ2n) is 18.8. The van der Waals surface area contributed by atoms with Gasteiger partial charge in [-0.2, -0.15) is 0 Å². The normalized spacial score (nSPS) is 12.5. The molecule has 0 bridgehead atoms. The monoisotopic (exact) mass is 897 g/mol. The third-order valence-electron chi connectivity index (χ3n) is 12.4. The van der Waals surface area contributed by atoms with E-state index in [-0.39, 0.29) is 25.2 Å². The fourth-order valence-electron chi connectivity index (χ4n) is 8.21. The molecule has 0 aliphatic heterocycles. The zero-order valence-corrected chi connectivity index (χ0v) is 43.1. The van der Waals surface area contributed by atoms with Crippen molar-refractivity contribution in [2.75, 3.05) is 19.8 Å². The van der Waals surface area contributed by atoms with E-state index in [1.54, 1.807) is 0 Å². The Balaban J connectivity index is 4.28. The minimum Gasteiger partial charge on any atom is -0.462 e. The predicted octanol–water partition coefficient (Wildman–Crippen LogP) is 19.1. The maximum atomic E-state index is 12.8. The van der Waals surface area contributed by atoms with E-state index in [9.17, 15) is 9.59 Å². The van der Waals surface area contributed by atoms with Crippen LogP contribution in [-0.4, -0.2) is 37.9 Å². The average molecular weight is 898 g/mol. The highest BCUT2D eigenvalue weighted by molar-refractivity contribution is 5.70. The Morgan fingerprint density at radius 3 is 1.11 bits per heavy atom. The van der Waals surface area contributed by atoms with Gasteiger partial charge in [-0.1, -0.05) is 268 Å². The van der Waals surface area contributed by atoms with Crippen molar-refractivity contribution in [1.29, 1.82) is 0 Å². The summed E-state index contributed by atoms with van der Waals surface area (Å²) in [4.78, 5) is 25.5. The topological polar surface area (TPSA) is 61.8 Å². The highest BCUT2D eigenvalue weighted by Crippen LogP contribution is 2.17. The van der Waals surface area contributed by atoms with Gasteiger partial charge in [-0.05, 0) is 57.8 Å². The molecule has 0 fully saturated rings. The SMILES string of the molecule is CC/C=C\C/C=C\C/C=C\C/C=C\CCCCCOCC(COC(=O)CCCCCCCCCCCCCCCCCCC)OC(=O)CCCCCCCCCCCCCCCCC. The first-order valence-corrected chi connectivity index (χ1v) is 28.2. The van der Waals surface area contributed by atoms with E-state index in [2.05, 4.69) is 69.4 Å². The number of hydrogen-bond donors (Lipinski definition) is 0. The number of carbonyl (C=O) groups excluding carboxylic acids is 2. The highest BCUT2D eigenvalue weighted by atomic mass is 16.6. The molecule has 5 heteroatoms. The van der Waals surface area contributed by atoms with Gasteiger partial charge in [0.25, 0.3) is 0 Å². The highest BCUT2D eigenvalue weighted by Gasteiger charge is 2.17. The summed E-state index contributed by atoms with van der Waals surface area (Å²) in [5.74, 6) is -0.397. The van der Waals surface area contributed by atoms with Crippen molar-refractivity contribution >= 4 is 11.9 Å². The van der Waals surface area contributed by atoms with Gasteiger partial charge in [-0.25, -0.2) is 0 Å². The number of carbonyl (C=O) groups is 2. The van der Waals surface area contributed by atoms with E-state index in [0.717, 1.165) is 77.0 Å². The van der Waals surface area contributed by atoms with Gasteiger partial charge in [0, 0.05) is 19.4 Å². The van der Waals surface area contributed by atoms with Crippen LogP contribution in [-0.2, 0) is 23.8 Å². The molecule has 0 aliphatic rings. The summed E-state index contributed by atoms with van der Waals surface area (Å²) in [6.07, 6.45) is 68.4. The molecule has 0 saturated heterocycles. The molecule has 0 N–H and O–H groups in total. The van der Waals surface area contributed by atoms with Crippen LogP contribution in [0.15, 0.2) is 48.6 Å². The number of rotatable bonds is 52. The number of esters is 2. The standard InChI is InChI=1S/C59H108O5/c1-4-7-10-13-16-19-22-25-28-30-32-34-37-40-43-46-49-52-58(60)63-56-57(55-62-54-51-48-45-42-39-36-33-29-26-23-20-17-14-11-8-5-2)64-59(61)53-50-47-44-41-38-35-31-27-24-21-18-15-12-9-6-3/h8,11,17,20,26,29,36,39,57H,4-7,9-10,12-16,18-19,21-25,27-28,30-35,37-38,40-56H2,1-3H3/b11-8-,20-17-,29-26-,39-36-. The molecule has 64 heavy (non-hydrogen) atoms. The Labute approximate surface area is 399 Å². The molecule has 0 heterocycles. The maximum absolute atomic E-state index is 12.8. The lowest BCUT2D eigenvalue weighted by Gasteiger charge is -2.18. The molecule has 5 nitrogen and oxygen atoms in total. The zero-order valence-electron chi connectivity index (χ0n) is 43.1. The van der Waals surface area contributed by atoms with E-state index < -0.39 is 6.10 Å². The van der Waals surface area contributed by atoms with Gasteiger partial charge in [-0.15, -0.1) is 0 Å². The molecule has 1 unspecified atom stereocenters. The molecule has 0 aromatic carbocycles. The fraction of sp³-hybridized carbons (Fsp3) is 0.831. The Morgan fingerprint density at radius 2 is 0.703 bits per heavy atom. The quantitative estimate of drug-likeness (QED) is 0.0346. The van der Waals surface area contributed by atoms with Gasteiger partial charge >= 0.3 is 11.9 Å². The van der Waals surface area contributed by atoms with Crippen molar-refractivity contribution in [3.05, 3.63) is 48.6 Å². The van der Waals surface area contributed by atoms with Gasteiger partial charge in [0.15, 0.2) is 6.10 Å². The molecule has 374 valence electrons. The molecular weight excluding hydrogens is 789 g/mol. The van der Waals surface area contributed by atoms with Crippen LogP contribution >= 0.6 is 0 Å². The molecule has 0 spiro atoms. The summed E-state index contributed by atoms with van der Waals surface area (Å²) in [7, 11) is 0. The number of hydrogen-bond acceptors (Lipinski definition) is 5. The Morgan fingerprint density at radius 1 is 0.359 bits per heavy atom. The van der Waals surface area contributed by atoms with Crippen molar-refractivity contribution in [3.63, 3.8) is 0 Å². The van der Waals surface area contributed by atoms with Crippen LogP contribution < -0.4 is 0 Å². The van der Waals surface area contributed by atoms with Crippen LogP contribution in [0.3, 0.4) is 0 Å². The number of unbranched alkanes of at least 4 members (excludes halogenated alkanes) is 33. The van der Waals surface area contributed by atoms with Crippen LogP contribution in [0, 0.1) is 0 Å². The van der Waals surface area contributed by atoms with Gasteiger partial charge in [0.2, 0.25) is 0 Å². The van der Waals surface area contributed by atoms with Crippen molar-refractivity contribution in [1.82, 2.24) is 0 Å². The number of allylic oxidation sites excluding steroid dienone is 8. The first-order chi connectivity index (χ1) is 31.6. The van der Waals surface area contributed by atoms with Gasteiger partial charge in [-0.3, -0.25) is 9.59 Å². The van der Waals surface area contributed by atoms with Crippen LogP contribution in [0.1, 0.15) is 290 Å². The Hall–Kier alpha value is -2.14. The minimum atomic E-state index is -0.548. The molecule has 0 rings (SSSR count). The first kappa shape index (κ1) is 61.9. The van der Waals surface area contributed by atoms with E-state index in [0.29, 0.717) is 19.4 Å².